The van der Waals surface area contributed by atoms with Crippen LogP contribution in [0.3, 0.4) is 0 Å². The van der Waals surface area contributed by atoms with Crippen LogP contribution in [0.4, 0.5) is 5.69 Å². The van der Waals surface area contributed by atoms with Crippen LogP contribution < -0.4 is 5.32 Å². The minimum absolute atomic E-state index is 0.0125. The second-order valence-corrected chi connectivity index (χ2v) is 10.6. The Hall–Kier alpha value is -3.27. The van der Waals surface area contributed by atoms with Crippen molar-refractivity contribution < 1.29 is 27.5 Å². The average Bonchev–Trinajstić information content (AvgIpc) is 2.83. The Bertz CT molecular complexity index is 1350. The van der Waals surface area contributed by atoms with Gasteiger partial charge in [0.15, 0.2) is 6.10 Å². The number of sulfonamides is 1. The normalized spacial score (nSPS) is 19.7. The summed E-state index contributed by atoms with van der Waals surface area (Å²) in [6, 6.07) is 18.9. The topological polar surface area (TPSA) is 102 Å². The molecule has 1 saturated heterocycles. The van der Waals surface area contributed by atoms with Crippen molar-refractivity contribution in [3.8, 4) is 0 Å². The average molecular weight is 497 g/mol. The van der Waals surface area contributed by atoms with Gasteiger partial charge in [0.2, 0.25) is 10.0 Å². The summed E-state index contributed by atoms with van der Waals surface area (Å²) in [5.41, 5.74) is 0.629. The van der Waals surface area contributed by atoms with Crippen LogP contribution in [0.1, 0.15) is 31.1 Å². The Morgan fingerprint density at radius 2 is 1.66 bits per heavy atom. The summed E-state index contributed by atoms with van der Waals surface area (Å²) in [6.07, 6.45) is -1.55. The van der Waals surface area contributed by atoms with Crippen LogP contribution in [0.5, 0.6) is 0 Å². The monoisotopic (exact) mass is 496 g/mol. The quantitative estimate of drug-likeness (QED) is 0.521. The molecule has 0 aromatic heterocycles. The largest absolute Gasteiger partial charge is 0.449 e. The van der Waals surface area contributed by atoms with E-state index in [2.05, 4.69) is 5.32 Å². The van der Waals surface area contributed by atoms with E-state index in [0.29, 0.717) is 5.69 Å². The van der Waals surface area contributed by atoms with Gasteiger partial charge >= 0.3 is 5.97 Å². The highest BCUT2D eigenvalue weighted by molar-refractivity contribution is 7.89. The molecule has 9 heteroatoms. The van der Waals surface area contributed by atoms with Gasteiger partial charge in [-0.3, -0.25) is 4.79 Å². The van der Waals surface area contributed by atoms with Crippen LogP contribution in [0.15, 0.2) is 71.6 Å². The van der Waals surface area contributed by atoms with Gasteiger partial charge in [0.1, 0.15) is 0 Å². The van der Waals surface area contributed by atoms with Gasteiger partial charge in [0.25, 0.3) is 5.91 Å². The van der Waals surface area contributed by atoms with E-state index in [0.717, 1.165) is 10.8 Å². The van der Waals surface area contributed by atoms with Crippen LogP contribution in [0.2, 0.25) is 0 Å². The minimum Gasteiger partial charge on any atom is -0.449 e. The second-order valence-electron chi connectivity index (χ2n) is 8.71. The van der Waals surface area contributed by atoms with E-state index in [1.807, 2.05) is 50.2 Å². The number of ether oxygens (including phenoxy) is 2. The van der Waals surface area contributed by atoms with E-state index in [-0.39, 0.29) is 35.8 Å². The summed E-state index contributed by atoms with van der Waals surface area (Å²) in [6.45, 7) is 5.55. The predicted molar refractivity (Wildman–Crippen MR) is 133 cm³/mol. The van der Waals surface area contributed by atoms with Crippen molar-refractivity contribution in [1.29, 1.82) is 0 Å². The molecular formula is C26H28N2O6S. The lowest BCUT2D eigenvalue weighted by Gasteiger charge is -2.34. The number of hydrogen-bond donors (Lipinski definition) is 1. The molecule has 35 heavy (non-hydrogen) atoms. The van der Waals surface area contributed by atoms with E-state index in [1.54, 1.807) is 6.07 Å². The van der Waals surface area contributed by atoms with Gasteiger partial charge in [-0.2, -0.15) is 4.31 Å². The second kappa shape index (κ2) is 10.2. The van der Waals surface area contributed by atoms with Crippen LogP contribution in [0.25, 0.3) is 10.8 Å². The zero-order chi connectivity index (χ0) is 25.2. The number of rotatable bonds is 6. The smallest absolute Gasteiger partial charge is 0.338 e. The van der Waals surface area contributed by atoms with Crippen molar-refractivity contribution in [2.24, 2.45) is 0 Å². The summed E-state index contributed by atoms with van der Waals surface area (Å²) in [7, 11) is -3.82. The molecule has 1 N–H and O–H groups in total. The molecule has 0 unspecified atom stereocenters. The molecule has 1 heterocycles. The Kier molecular flexibility index (Phi) is 7.20. The lowest BCUT2D eigenvalue weighted by atomic mass is 10.1. The summed E-state index contributed by atoms with van der Waals surface area (Å²) in [5, 5.41) is 4.76. The number of morpholine rings is 1. The molecular weight excluding hydrogens is 468 g/mol. The fourth-order valence-electron chi connectivity index (χ4n) is 4.05. The maximum absolute atomic E-state index is 13.1. The van der Waals surface area contributed by atoms with Crippen molar-refractivity contribution in [2.45, 2.75) is 44.0 Å². The summed E-state index contributed by atoms with van der Waals surface area (Å²) in [5.74, 6) is -1.28. The molecule has 1 amide bonds. The number of esters is 1. The van der Waals surface area contributed by atoms with E-state index < -0.39 is 28.0 Å². The molecule has 1 fully saturated rings. The summed E-state index contributed by atoms with van der Waals surface area (Å²) >= 11 is 0. The first-order valence-corrected chi connectivity index (χ1v) is 12.8. The van der Waals surface area contributed by atoms with E-state index in [9.17, 15) is 18.0 Å². The molecule has 0 aliphatic carbocycles. The Balaban J connectivity index is 1.43. The lowest BCUT2D eigenvalue weighted by molar-refractivity contribution is -0.123. The number of nitrogens with zero attached hydrogens (tertiary/aromatic N) is 1. The molecule has 4 rings (SSSR count). The highest BCUT2D eigenvalue weighted by Gasteiger charge is 2.32. The van der Waals surface area contributed by atoms with Crippen LogP contribution >= 0.6 is 0 Å². The maximum Gasteiger partial charge on any atom is 0.338 e. The SMILES string of the molecule is C[C@@H]1CN(S(=O)(=O)c2cccc(C(=O)O[C@H](C)C(=O)Nc3ccc4ccccc4c3)c2)C[C@@H](C)O1. The highest BCUT2D eigenvalue weighted by atomic mass is 32.2. The zero-order valence-corrected chi connectivity index (χ0v) is 20.6. The standard InChI is InChI=1S/C26H28N2O6S/c1-17-15-28(16-18(2)33-17)35(31,32)24-10-6-9-22(14-24)26(30)34-19(3)25(29)27-23-12-11-20-7-4-5-8-21(20)13-23/h4-14,17-19H,15-16H2,1-3H3,(H,27,29)/t17-,18-,19-/m1/s1. The fraction of sp³-hybridized carbons (Fsp3) is 0.308. The number of benzene rings is 3. The number of hydrogen-bond acceptors (Lipinski definition) is 6. The first-order chi connectivity index (χ1) is 16.6. The molecule has 1 aliphatic heterocycles. The minimum atomic E-state index is -3.82. The molecule has 1 aliphatic rings. The molecule has 0 bridgehead atoms. The third kappa shape index (κ3) is 5.70. The van der Waals surface area contributed by atoms with Crippen molar-refractivity contribution in [3.05, 3.63) is 72.3 Å². The summed E-state index contributed by atoms with van der Waals surface area (Å²) < 4.78 is 38.6. The van der Waals surface area contributed by atoms with Crippen molar-refractivity contribution in [2.75, 3.05) is 18.4 Å². The van der Waals surface area contributed by atoms with Crippen LogP contribution in [-0.4, -0.2) is 56.0 Å². The van der Waals surface area contributed by atoms with E-state index in [1.165, 1.54) is 35.5 Å². The predicted octanol–water partition coefficient (Wildman–Crippen LogP) is 3.82. The Morgan fingerprint density at radius 1 is 0.971 bits per heavy atom. The lowest BCUT2D eigenvalue weighted by Crippen LogP contribution is -2.48. The molecule has 0 radical (unpaired) electrons. The summed E-state index contributed by atoms with van der Waals surface area (Å²) in [4.78, 5) is 25.3. The Labute approximate surface area is 204 Å². The molecule has 184 valence electrons. The number of carbonyl (C=O) groups is 2. The van der Waals surface area contributed by atoms with Gasteiger partial charge < -0.3 is 14.8 Å². The highest BCUT2D eigenvalue weighted by Crippen LogP contribution is 2.23. The van der Waals surface area contributed by atoms with Gasteiger partial charge in [-0.25, -0.2) is 13.2 Å². The third-order valence-corrected chi connectivity index (χ3v) is 7.59. The van der Waals surface area contributed by atoms with Crippen LogP contribution in [0, 0.1) is 0 Å². The molecule has 8 nitrogen and oxygen atoms in total. The number of anilines is 1. The number of amides is 1. The molecule has 3 atom stereocenters. The number of nitrogens with one attached hydrogen (secondary N) is 1. The van der Waals surface area contributed by atoms with Gasteiger partial charge in [-0.1, -0.05) is 36.4 Å². The van der Waals surface area contributed by atoms with E-state index in [4.69, 9.17) is 9.47 Å². The van der Waals surface area contributed by atoms with Gasteiger partial charge in [-0.05, 0) is 61.9 Å². The molecule has 0 saturated carbocycles. The van der Waals surface area contributed by atoms with Gasteiger partial charge in [0, 0.05) is 18.8 Å². The molecule has 3 aromatic carbocycles. The third-order valence-electron chi connectivity index (χ3n) is 5.76. The van der Waals surface area contributed by atoms with Crippen molar-refractivity contribution >= 4 is 38.4 Å². The number of fused-ring (bicyclic) bond motifs is 1. The fourth-order valence-corrected chi connectivity index (χ4v) is 5.69. The van der Waals surface area contributed by atoms with Crippen LogP contribution in [-0.2, 0) is 24.3 Å². The number of carbonyl (C=O) groups excluding carboxylic acids is 2. The first kappa shape index (κ1) is 24.8. The zero-order valence-electron chi connectivity index (χ0n) is 19.8. The van der Waals surface area contributed by atoms with Crippen molar-refractivity contribution in [3.63, 3.8) is 0 Å². The van der Waals surface area contributed by atoms with Gasteiger partial charge in [-0.15, -0.1) is 0 Å². The van der Waals surface area contributed by atoms with Crippen molar-refractivity contribution in [1.82, 2.24) is 4.31 Å². The van der Waals surface area contributed by atoms with E-state index >= 15 is 0 Å². The first-order valence-electron chi connectivity index (χ1n) is 11.4. The molecule has 0 spiro atoms. The maximum atomic E-state index is 13.1. The van der Waals surface area contributed by atoms with Gasteiger partial charge in [0.05, 0.1) is 22.7 Å². The molecule has 3 aromatic rings. The Morgan fingerprint density at radius 3 is 2.37 bits per heavy atom.